The molecule has 0 saturated heterocycles. The molecule has 2 rings (SSSR count). The van der Waals surface area contributed by atoms with Crippen LogP contribution in [0.2, 0.25) is 0 Å². The maximum atomic E-state index is 12.0. The van der Waals surface area contributed by atoms with Crippen LogP contribution in [0.15, 0.2) is 18.2 Å². The van der Waals surface area contributed by atoms with Gasteiger partial charge in [-0.3, -0.25) is 4.79 Å². The van der Waals surface area contributed by atoms with E-state index in [1.54, 1.807) is 0 Å². The van der Waals surface area contributed by atoms with Gasteiger partial charge in [0.1, 0.15) is 6.04 Å². The van der Waals surface area contributed by atoms with Gasteiger partial charge in [0, 0.05) is 36.6 Å². The average molecular weight is 291 g/mol. The van der Waals surface area contributed by atoms with Crippen LogP contribution in [0.3, 0.4) is 0 Å². The Labute approximate surface area is 126 Å². The van der Waals surface area contributed by atoms with Crippen LogP contribution in [0, 0.1) is 0 Å². The van der Waals surface area contributed by atoms with Crippen LogP contribution < -0.4 is 15.5 Å². The zero-order valence-electron chi connectivity index (χ0n) is 13.1. The van der Waals surface area contributed by atoms with Crippen LogP contribution in [-0.4, -0.2) is 38.8 Å². The zero-order valence-corrected chi connectivity index (χ0v) is 13.1. The first kappa shape index (κ1) is 15.8. The third-order valence-electron chi connectivity index (χ3n) is 3.73. The number of amides is 1. The average Bonchev–Trinajstić information content (AvgIpc) is 2.79. The number of nitrogens with zero attached hydrogens (tertiary/aromatic N) is 1. The summed E-state index contributed by atoms with van der Waals surface area (Å²) in [5.41, 5.74) is 3.07. The monoisotopic (exact) mass is 291 g/mol. The maximum absolute atomic E-state index is 12.0. The normalized spacial score (nSPS) is 16.7. The van der Waals surface area contributed by atoms with E-state index in [4.69, 9.17) is 4.74 Å². The number of likely N-dealkylation sites (N-methyl/N-ethyl adjacent to an activating group) is 2. The van der Waals surface area contributed by atoms with Crippen molar-refractivity contribution in [2.75, 3.05) is 43.1 Å². The Morgan fingerprint density at radius 1 is 1.33 bits per heavy atom. The van der Waals surface area contributed by atoms with Gasteiger partial charge in [0.15, 0.2) is 0 Å². The summed E-state index contributed by atoms with van der Waals surface area (Å²) in [4.78, 5) is 14.2. The highest BCUT2D eigenvalue weighted by molar-refractivity contribution is 6.03. The second-order valence-corrected chi connectivity index (χ2v) is 5.03. The molecule has 0 radical (unpaired) electrons. The van der Waals surface area contributed by atoms with E-state index in [0.29, 0.717) is 6.61 Å². The summed E-state index contributed by atoms with van der Waals surface area (Å²) >= 11 is 0. The van der Waals surface area contributed by atoms with Gasteiger partial charge in [-0.1, -0.05) is 13.0 Å². The lowest BCUT2D eigenvalue weighted by atomic mass is 10.1. The standard InChI is InChI=1S/C16H25N3O2/c1-4-17-15-13-8-7-12(11-14(13)18-16(15)20)19(5-2)9-10-21-6-3/h7-8,11,15,17H,4-6,9-10H2,1-3H3,(H,18,20). The van der Waals surface area contributed by atoms with Crippen LogP contribution in [-0.2, 0) is 9.53 Å². The van der Waals surface area contributed by atoms with E-state index in [1.165, 1.54) is 0 Å². The van der Waals surface area contributed by atoms with Gasteiger partial charge in [0.25, 0.3) is 0 Å². The first-order valence-corrected chi connectivity index (χ1v) is 7.72. The van der Waals surface area contributed by atoms with Crippen molar-refractivity contribution in [1.82, 2.24) is 5.32 Å². The number of rotatable bonds is 8. The predicted octanol–water partition coefficient (Wildman–Crippen LogP) is 2.15. The summed E-state index contributed by atoms with van der Waals surface area (Å²) in [5, 5.41) is 6.17. The van der Waals surface area contributed by atoms with E-state index in [-0.39, 0.29) is 11.9 Å². The highest BCUT2D eigenvalue weighted by Gasteiger charge is 2.29. The van der Waals surface area contributed by atoms with Crippen molar-refractivity contribution in [1.29, 1.82) is 0 Å². The quantitative estimate of drug-likeness (QED) is 0.721. The second-order valence-electron chi connectivity index (χ2n) is 5.03. The minimum Gasteiger partial charge on any atom is -0.380 e. The van der Waals surface area contributed by atoms with Gasteiger partial charge in [-0.2, -0.15) is 0 Å². The molecule has 1 aliphatic heterocycles. The molecule has 116 valence electrons. The van der Waals surface area contributed by atoms with Crippen molar-refractivity contribution in [2.24, 2.45) is 0 Å². The third-order valence-corrected chi connectivity index (χ3v) is 3.73. The van der Waals surface area contributed by atoms with Gasteiger partial charge in [-0.25, -0.2) is 0 Å². The molecule has 1 aromatic rings. The predicted molar refractivity (Wildman–Crippen MR) is 85.9 cm³/mol. The molecule has 1 amide bonds. The summed E-state index contributed by atoms with van der Waals surface area (Å²) in [6, 6.07) is 5.95. The molecule has 2 N–H and O–H groups in total. The first-order chi connectivity index (χ1) is 10.2. The van der Waals surface area contributed by atoms with Crippen molar-refractivity contribution in [3.05, 3.63) is 23.8 Å². The van der Waals surface area contributed by atoms with Crippen LogP contribution in [0.4, 0.5) is 11.4 Å². The van der Waals surface area contributed by atoms with Crippen LogP contribution in [0.25, 0.3) is 0 Å². The van der Waals surface area contributed by atoms with Crippen LogP contribution >= 0.6 is 0 Å². The number of ether oxygens (including phenoxy) is 1. The molecule has 0 aliphatic carbocycles. The van der Waals surface area contributed by atoms with E-state index in [0.717, 1.165) is 43.2 Å². The van der Waals surface area contributed by atoms with Crippen molar-refractivity contribution in [2.45, 2.75) is 26.8 Å². The van der Waals surface area contributed by atoms with Crippen LogP contribution in [0.5, 0.6) is 0 Å². The van der Waals surface area contributed by atoms with Crippen molar-refractivity contribution in [3.8, 4) is 0 Å². The number of hydrogen-bond donors (Lipinski definition) is 2. The number of carbonyl (C=O) groups is 1. The molecule has 1 aromatic carbocycles. The highest BCUT2D eigenvalue weighted by atomic mass is 16.5. The number of fused-ring (bicyclic) bond motifs is 1. The Balaban J connectivity index is 2.14. The zero-order chi connectivity index (χ0) is 15.2. The molecule has 5 heteroatoms. The van der Waals surface area contributed by atoms with E-state index in [9.17, 15) is 4.79 Å². The SMILES string of the molecule is CCNC1C(=O)Nc2cc(N(CC)CCOCC)ccc21. The Bertz CT molecular complexity index is 490. The fraction of sp³-hybridized carbons (Fsp3) is 0.562. The lowest BCUT2D eigenvalue weighted by molar-refractivity contribution is -0.117. The summed E-state index contributed by atoms with van der Waals surface area (Å²) < 4.78 is 5.42. The Kier molecular flexibility index (Phi) is 5.59. The molecule has 1 heterocycles. The Morgan fingerprint density at radius 2 is 2.14 bits per heavy atom. The minimum atomic E-state index is -0.224. The number of benzene rings is 1. The fourth-order valence-corrected chi connectivity index (χ4v) is 2.64. The largest absolute Gasteiger partial charge is 0.380 e. The lowest BCUT2D eigenvalue weighted by Gasteiger charge is -2.23. The molecule has 5 nitrogen and oxygen atoms in total. The summed E-state index contributed by atoms with van der Waals surface area (Å²) in [5.74, 6) is 0.0290. The van der Waals surface area contributed by atoms with Gasteiger partial charge >= 0.3 is 0 Å². The molecule has 0 aromatic heterocycles. The van der Waals surface area contributed by atoms with Crippen LogP contribution in [0.1, 0.15) is 32.4 Å². The first-order valence-electron chi connectivity index (χ1n) is 7.72. The molecular weight excluding hydrogens is 266 g/mol. The third kappa shape index (κ3) is 3.54. The summed E-state index contributed by atoms with van der Waals surface area (Å²) in [6.07, 6.45) is 0. The number of hydrogen-bond acceptors (Lipinski definition) is 4. The highest BCUT2D eigenvalue weighted by Crippen LogP contribution is 2.33. The second kappa shape index (κ2) is 7.43. The van der Waals surface area contributed by atoms with Crippen molar-refractivity contribution < 1.29 is 9.53 Å². The van der Waals surface area contributed by atoms with E-state index >= 15 is 0 Å². The van der Waals surface area contributed by atoms with E-state index in [2.05, 4.69) is 34.6 Å². The molecule has 1 atom stereocenters. The molecule has 0 spiro atoms. The maximum Gasteiger partial charge on any atom is 0.246 e. The smallest absolute Gasteiger partial charge is 0.246 e. The van der Waals surface area contributed by atoms with E-state index in [1.807, 2.05) is 19.9 Å². The van der Waals surface area contributed by atoms with Crippen molar-refractivity contribution >= 4 is 17.3 Å². The molecule has 0 saturated carbocycles. The Morgan fingerprint density at radius 3 is 2.81 bits per heavy atom. The minimum absolute atomic E-state index is 0.0290. The topological polar surface area (TPSA) is 53.6 Å². The number of carbonyl (C=O) groups excluding carboxylic acids is 1. The molecule has 0 fully saturated rings. The van der Waals surface area contributed by atoms with Gasteiger partial charge < -0.3 is 20.3 Å². The molecule has 1 aliphatic rings. The fourth-order valence-electron chi connectivity index (χ4n) is 2.64. The molecular formula is C16H25N3O2. The summed E-state index contributed by atoms with van der Waals surface area (Å²) in [7, 11) is 0. The molecule has 21 heavy (non-hydrogen) atoms. The van der Waals surface area contributed by atoms with Gasteiger partial charge in [-0.15, -0.1) is 0 Å². The van der Waals surface area contributed by atoms with Crippen molar-refractivity contribution in [3.63, 3.8) is 0 Å². The number of nitrogens with one attached hydrogen (secondary N) is 2. The molecule has 1 unspecified atom stereocenters. The summed E-state index contributed by atoms with van der Waals surface area (Å²) in [6.45, 7) is 10.1. The van der Waals surface area contributed by atoms with Gasteiger partial charge in [-0.05, 0) is 32.5 Å². The van der Waals surface area contributed by atoms with Gasteiger partial charge in [0.2, 0.25) is 5.91 Å². The molecule has 0 bridgehead atoms. The lowest BCUT2D eigenvalue weighted by Crippen LogP contribution is -2.27. The number of anilines is 2. The van der Waals surface area contributed by atoms with Gasteiger partial charge in [0.05, 0.1) is 6.61 Å². The van der Waals surface area contributed by atoms with E-state index < -0.39 is 0 Å². The Hall–Kier alpha value is -1.59.